The van der Waals surface area contributed by atoms with E-state index in [0.29, 0.717) is 40.2 Å². The number of allylic oxidation sites excluding steroid dienone is 3. The van der Waals surface area contributed by atoms with Gasteiger partial charge in [-0.1, -0.05) is 10.1 Å². The molecule has 2 aliphatic heterocycles. The van der Waals surface area contributed by atoms with Crippen LogP contribution in [0.3, 0.4) is 0 Å². The maximum absolute atomic E-state index is 13.9. The number of aromatic hydroxyl groups is 1. The van der Waals surface area contributed by atoms with Crippen LogP contribution in [0.4, 0.5) is 5.69 Å². The second kappa shape index (κ2) is 18.6. The summed E-state index contributed by atoms with van der Waals surface area (Å²) in [5, 5.41) is 48.8. The van der Waals surface area contributed by atoms with Gasteiger partial charge in [0.1, 0.15) is 9.79 Å². The molecule has 0 radical (unpaired) electrons. The van der Waals surface area contributed by atoms with Crippen molar-refractivity contribution in [2.75, 3.05) is 25.6 Å². The van der Waals surface area contributed by atoms with E-state index in [1.54, 1.807) is 0 Å². The lowest BCUT2D eigenvalue weighted by molar-refractivity contribution is -0.432. The Morgan fingerprint density at radius 1 is 0.881 bits per heavy atom. The third-order valence-electron chi connectivity index (χ3n) is 8.08. The number of carbonyl (C=O) groups is 4. The maximum Gasteiger partial charge on any atom is 0.296 e. The van der Waals surface area contributed by atoms with Crippen molar-refractivity contribution in [2.45, 2.75) is 32.4 Å². The highest BCUT2D eigenvalue weighted by atomic mass is 32.2. The molecule has 0 atom stereocenters. The summed E-state index contributed by atoms with van der Waals surface area (Å²) in [5.41, 5.74) is -2.83. The van der Waals surface area contributed by atoms with E-state index in [0.717, 1.165) is 48.6 Å². The van der Waals surface area contributed by atoms with Crippen LogP contribution in [0.25, 0.3) is 11.8 Å². The van der Waals surface area contributed by atoms with Crippen LogP contribution in [0.5, 0.6) is 5.88 Å². The Bertz CT molecular complexity index is 2550. The molecule has 0 unspecified atom stereocenters. The zero-order chi connectivity index (χ0) is 43.2. The van der Waals surface area contributed by atoms with Crippen LogP contribution in [-0.2, 0) is 53.4 Å². The van der Waals surface area contributed by atoms with E-state index in [4.69, 9.17) is 10.5 Å². The standard InChI is InChI=1S/C31H29N7O17S4/c1-32-28(40)26-19(30(42)37(34-26)21-14-17(56-54-52-44)7-11-23(21)58(46,47)48)9-5-16(36-13-3-4-25(36)39)6-10-20-27(29(41)33-2)35-38(31(20)43)22-15-18(57-55-53-45)8-12-24(22)59(49,50)51/h5-12,14-15,42,44-45H,3-4,13H2,1-2H3,(H,32,40)(H,33,41)(H,46,47,48)(H,49,50,51)/b9-5+,16-6-,20-10-. The third-order valence-corrected chi connectivity index (χ3v) is 11.0. The highest BCUT2D eigenvalue weighted by Gasteiger charge is 2.37. The molecular formula is C31H29N7O17S4. The lowest BCUT2D eigenvalue weighted by Crippen LogP contribution is -2.29. The number of amides is 4. The van der Waals surface area contributed by atoms with Crippen molar-refractivity contribution < 1.29 is 79.5 Å². The zero-order valence-electron chi connectivity index (χ0n) is 29.9. The highest BCUT2D eigenvalue weighted by Crippen LogP contribution is 2.36. The topological polar surface area (TPSA) is 335 Å². The number of aromatic nitrogens is 2. The molecule has 1 fully saturated rings. The minimum atomic E-state index is -5.01. The number of nitrogens with zero attached hydrogens (tertiary/aromatic N) is 5. The smallest absolute Gasteiger partial charge is 0.296 e. The van der Waals surface area contributed by atoms with Crippen LogP contribution >= 0.6 is 24.1 Å². The lowest BCUT2D eigenvalue weighted by Gasteiger charge is -2.17. The summed E-state index contributed by atoms with van der Waals surface area (Å²) in [6.07, 6.45) is 5.13. The van der Waals surface area contributed by atoms with Gasteiger partial charge in [0.25, 0.3) is 38.0 Å². The van der Waals surface area contributed by atoms with E-state index in [-0.39, 0.29) is 34.0 Å². The van der Waals surface area contributed by atoms with Crippen LogP contribution < -0.4 is 15.6 Å². The molecule has 1 saturated heterocycles. The summed E-state index contributed by atoms with van der Waals surface area (Å²) in [4.78, 5) is 52.7. The molecule has 2 aliphatic rings. The van der Waals surface area contributed by atoms with Crippen molar-refractivity contribution >= 4 is 85.4 Å². The van der Waals surface area contributed by atoms with Gasteiger partial charge in [-0.3, -0.25) is 28.3 Å². The van der Waals surface area contributed by atoms with Crippen LogP contribution in [-0.4, -0.2) is 106 Å². The average Bonchev–Trinajstić information content (AvgIpc) is 3.88. The maximum atomic E-state index is 13.9. The molecule has 59 heavy (non-hydrogen) atoms. The Labute approximate surface area is 341 Å². The molecule has 1 aromatic heterocycles. The fraction of sp³-hybridized carbons (Fsp3) is 0.161. The number of anilines is 1. The van der Waals surface area contributed by atoms with E-state index in [1.807, 2.05) is 0 Å². The summed E-state index contributed by atoms with van der Waals surface area (Å²) >= 11 is 0.775. The minimum absolute atomic E-state index is 0.00821. The lowest BCUT2D eigenvalue weighted by atomic mass is 10.1. The summed E-state index contributed by atoms with van der Waals surface area (Å²) in [6, 6.07) is 6.17. The SMILES string of the molecule is CNC(=O)C1=NN(c2cc(SOOO)ccc2S(=O)(=O)O)C(=O)\C1=C/C=C(/C=C/c1c(C(=O)NC)nn(-c2cc(SOOO)ccc2S(=O)(=O)O)c1O)N1CCCC1=O. The van der Waals surface area contributed by atoms with E-state index >= 15 is 0 Å². The Morgan fingerprint density at radius 2 is 1.46 bits per heavy atom. The molecule has 3 heterocycles. The molecule has 3 aromatic rings. The van der Waals surface area contributed by atoms with Gasteiger partial charge >= 0.3 is 0 Å². The van der Waals surface area contributed by atoms with Gasteiger partial charge in [0.15, 0.2) is 11.4 Å². The predicted molar refractivity (Wildman–Crippen MR) is 201 cm³/mol. The molecule has 0 aliphatic carbocycles. The third kappa shape index (κ3) is 9.86. The molecule has 28 heteroatoms. The summed E-state index contributed by atoms with van der Waals surface area (Å²) < 4.78 is 78.4. The normalized spacial score (nSPS) is 15.8. The molecular weight excluding hydrogens is 871 g/mol. The minimum Gasteiger partial charge on any atom is -0.493 e. The largest absolute Gasteiger partial charge is 0.493 e. The van der Waals surface area contributed by atoms with E-state index < -0.39 is 87.9 Å². The quantitative estimate of drug-likeness (QED) is 0.0269. The summed E-state index contributed by atoms with van der Waals surface area (Å²) in [7, 11) is -7.55. The number of nitrogens with one attached hydrogen (secondary N) is 2. The van der Waals surface area contributed by atoms with E-state index in [2.05, 4.69) is 39.6 Å². The molecule has 0 bridgehead atoms. The Balaban J connectivity index is 1.66. The zero-order valence-corrected chi connectivity index (χ0v) is 33.2. The van der Waals surface area contributed by atoms with Crippen molar-refractivity contribution in [3.63, 3.8) is 0 Å². The Hall–Kier alpha value is -5.50. The first kappa shape index (κ1) is 44.6. The fourth-order valence-electron chi connectivity index (χ4n) is 5.51. The number of carbonyl (C=O) groups excluding carboxylic acids is 4. The van der Waals surface area contributed by atoms with Gasteiger partial charge < -0.3 is 20.6 Å². The molecule has 7 N–H and O–H groups in total. The van der Waals surface area contributed by atoms with Gasteiger partial charge in [-0.05, 0) is 67.1 Å². The Morgan fingerprint density at radius 3 is 1.98 bits per heavy atom. The molecule has 24 nitrogen and oxygen atoms in total. The van der Waals surface area contributed by atoms with Crippen molar-refractivity contribution in [2.24, 2.45) is 5.10 Å². The number of hydrogen-bond acceptors (Lipinski definition) is 19. The molecule has 314 valence electrons. The van der Waals surface area contributed by atoms with Crippen molar-refractivity contribution in [1.82, 2.24) is 25.3 Å². The second-order valence-corrected chi connectivity index (χ2v) is 15.9. The Kier molecular flexibility index (Phi) is 14.1. The number of benzene rings is 2. The van der Waals surface area contributed by atoms with Crippen LogP contribution in [0.1, 0.15) is 28.9 Å². The van der Waals surface area contributed by atoms with Gasteiger partial charge in [0.2, 0.25) is 11.8 Å². The van der Waals surface area contributed by atoms with E-state index in [9.17, 15) is 50.2 Å². The second-order valence-electron chi connectivity index (χ2n) is 11.5. The van der Waals surface area contributed by atoms with Crippen molar-refractivity contribution in [1.29, 1.82) is 0 Å². The predicted octanol–water partition coefficient (Wildman–Crippen LogP) is 1.88. The first-order chi connectivity index (χ1) is 27.9. The first-order valence-corrected chi connectivity index (χ1v) is 20.4. The summed E-state index contributed by atoms with van der Waals surface area (Å²) in [6.45, 7) is 0.145. The van der Waals surface area contributed by atoms with Crippen LogP contribution in [0.15, 0.2) is 90.6 Å². The van der Waals surface area contributed by atoms with Crippen LogP contribution in [0.2, 0.25) is 0 Å². The van der Waals surface area contributed by atoms with Gasteiger partial charge in [-0.2, -0.15) is 36.7 Å². The van der Waals surface area contributed by atoms with Gasteiger partial charge in [-0.25, -0.2) is 10.5 Å². The van der Waals surface area contributed by atoms with Crippen molar-refractivity contribution in [3.05, 3.63) is 77.2 Å². The average molecular weight is 900 g/mol. The molecule has 5 rings (SSSR count). The monoisotopic (exact) mass is 899 g/mol. The molecule has 0 saturated carbocycles. The highest BCUT2D eigenvalue weighted by molar-refractivity contribution is 7.94. The number of rotatable bonds is 16. The van der Waals surface area contributed by atoms with Gasteiger partial charge in [0, 0.05) is 42.5 Å². The fourth-order valence-corrected chi connectivity index (χ4v) is 7.60. The van der Waals surface area contributed by atoms with E-state index in [1.165, 1.54) is 31.1 Å². The first-order valence-electron chi connectivity index (χ1n) is 16.1. The van der Waals surface area contributed by atoms with Crippen LogP contribution in [0, 0.1) is 0 Å². The number of likely N-dealkylation sites (tertiary alicyclic amines) is 1. The van der Waals surface area contributed by atoms with Crippen molar-refractivity contribution in [3.8, 4) is 11.6 Å². The number of hydrazone groups is 1. The number of hydrogen-bond donors (Lipinski definition) is 7. The molecule has 4 amide bonds. The summed E-state index contributed by atoms with van der Waals surface area (Å²) in [5.74, 6) is -4.13. The molecule has 0 spiro atoms. The van der Waals surface area contributed by atoms with Gasteiger partial charge in [-0.15, -0.1) is 8.67 Å². The molecule has 2 aromatic carbocycles. The van der Waals surface area contributed by atoms with Gasteiger partial charge in [0.05, 0.1) is 46.6 Å².